The first kappa shape index (κ1) is 55.9. The second-order valence-corrected chi connectivity index (χ2v) is 16.0. The maximum absolute atomic E-state index is 12.7. The van der Waals surface area contributed by atoms with Crippen LogP contribution in [0.4, 0.5) is 0 Å². The van der Waals surface area contributed by atoms with Gasteiger partial charge in [0.2, 0.25) is 0 Å². The minimum Gasteiger partial charge on any atom is -0.462 e. The summed E-state index contributed by atoms with van der Waals surface area (Å²) < 4.78 is 16.7. The van der Waals surface area contributed by atoms with Crippen molar-refractivity contribution in [2.75, 3.05) is 13.2 Å². The van der Waals surface area contributed by atoms with Crippen LogP contribution in [0.15, 0.2) is 72.9 Å². The Morgan fingerprint density at radius 3 is 1.15 bits per heavy atom. The molecule has 0 aliphatic heterocycles. The molecular weight excluding hydrogens is 733 g/mol. The quantitative estimate of drug-likeness (QED) is 0.0200. The van der Waals surface area contributed by atoms with E-state index < -0.39 is 6.10 Å². The highest BCUT2D eigenvalue weighted by atomic mass is 16.6. The molecule has 0 amide bonds. The molecule has 0 saturated carbocycles. The lowest BCUT2D eigenvalue weighted by atomic mass is 10.1. The molecule has 6 nitrogen and oxygen atoms in total. The first-order chi connectivity index (χ1) is 29.0. The number of ether oxygens (including phenoxy) is 3. The number of esters is 3. The SMILES string of the molecule is CC/C=C\C/C=C\C/C=C\C/C=C\CCCCCC(=O)OCC(COC(=O)CCCCCCCCCCC)OC(=O)CCCCC/C=C\C=C/CCCCCCCCC. The molecule has 6 heteroatoms. The Hall–Kier alpha value is -3.15. The lowest BCUT2D eigenvalue weighted by molar-refractivity contribution is -0.167. The average Bonchev–Trinajstić information content (AvgIpc) is 3.23. The van der Waals surface area contributed by atoms with E-state index in [0.29, 0.717) is 12.8 Å². The van der Waals surface area contributed by atoms with Gasteiger partial charge in [-0.1, -0.05) is 196 Å². The molecule has 59 heavy (non-hydrogen) atoms. The predicted octanol–water partition coefficient (Wildman–Crippen LogP) is 15.9. The number of carbonyl (C=O) groups excluding carboxylic acids is 3. The molecule has 0 aliphatic rings. The van der Waals surface area contributed by atoms with Crippen molar-refractivity contribution in [3.8, 4) is 0 Å². The molecule has 0 fully saturated rings. The minimum absolute atomic E-state index is 0.0958. The van der Waals surface area contributed by atoms with E-state index in [1.807, 2.05) is 0 Å². The number of hydrogen-bond donors (Lipinski definition) is 0. The van der Waals surface area contributed by atoms with E-state index in [1.165, 1.54) is 83.5 Å². The van der Waals surface area contributed by atoms with Crippen LogP contribution in [0.25, 0.3) is 0 Å². The largest absolute Gasteiger partial charge is 0.462 e. The van der Waals surface area contributed by atoms with E-state index in [4.69, 9.17) is 14.2 Å². The highest BCUT2D eigenvalue weighted by molar-refractivity contribution is 5.71. The van der Waals surface area contributed by atoms with Gasteiger partial charge in [0.25, 0.3) is 0 Å². The summed E-state index contributed by atoms with van der Waals surface area (Å²) in [7, 11) is 0. The van der Waals surface area contributed by atoms with E-state index in [-0.39, 0.29) is 37.5 Å². The van der Waals surface area contributed by atoms with Crippen molar-refractivity contribution in [3.05, 3.63) is 72.9 Å². The second-order valence-electron chi connectivity index (χ2n) is 16.0. The zero-order chi connectivity index (χ0) is 43.0. The van der Waals surface area contributed by atoms with E-state index in [0.717, 1.165) is 103 Å². The van der Waals surface area contributed by atoms with Crippen molar-refractivity contribution in [3.63, 3.8) is 0 Å². The molecule has 0 N–H and O–H groups in total. The van der Waals surface area contributed by atoms with Gasteiger partial charge in [-0.25, -0.2) is 0 Å². The smallest absolute Gasteiger partial charge is 0.306 e. The van der Waals surface area contributed by atoms with Crippen LogP contribution in [0.2, 0.25) is 0 Å². The molecule has 0 bridgehead atoms. The Bertz CT molecular complexity index is 1130. The van der Waals surface area contributed by atoms with Gasteiger partial charge < -0.3 is 14.2 Å². The molecule has 0 saturated heterocycles. The maximum atomic E-state index is 12.7. The van der Waals surface area contributed by atoms with Crippen molar-refractivity contribution in [2.45, 2.75) is 232 Å². The Balaban J connectivity index is 4.45. The van der Waals surface area contributed by atoms with Gasteiger partial charge in [-0.15, -0.1) is 0 Å². The molecule has 338 valence electrons. The fraction of sp³-hybridized carbons (Fsp3) is 0.717. The molecule has 0 aliphatic carbocycles. The molecule has 0 radical (unpaired) electrons. The number of allylic oxidation sites excluding steroid dienone is 12. The minimum atomic E-state index is -0.799. The fourth-order valence-corrected chi connectivity index (χ4v) is 6.54. The highest BCUT2D eigenvalue weighted by Crippen LogP contribution is 2.13. The summed E-state index contributed by atoms with van der Waals surface area (Å²) in [4.78, 5) is 37.8. The molecule has 1 atom stereocenters. The van der Waals surface area contributed by atoms with Crippen LogP contribution in [0.1, 0.15) is 226 Å². The van der Waals surface area contributed by atoms with Crippen molar-refractivity contribution in [1.82, 2.24) is 0 Å². The summed E-state index contributed by atoms with van der Waals surface area (Å²) in [5, 5.41) is 0. The predicted molar refractivity (Wildman–Crippen MR) is 251 cm³/mol. The summed E-state index contributed by atoms with van der Waals surface area (Å²) in [5.74, 6) is -0.959. The third kappa shape index (κ3) is 45.8. The standard InChI is InChI=1S/C53H90O6/c1-4-7-10-13-16-19-21-23-25-27-29-31-34-37-40-43-46-52(55)58-49-50(48-57-51(54)45-42-39-36-33-18-15-12-9-6-3)59-53(56)47-44-41-38-35-32-30-28-26-24-22-20-17-14-11-8-5-2/h7,10,16,19,23,25-26,28-32,50H,4-6,8-9,11-15,17-18,20-22,24,27,33-49H2,1-3H3/b10-7-,19-16-,25-23-,28-26-,31-29-,32-30-. The molecule has 0 aromatic carbocycles. The van der Waals surface area contributed by atoms with Crippen molar-refractivity contribution in [1.29, 1.82) is 0 Å². The Labute approximate surface area is 363 Å². The van der Waals surface area contributed by atoms with Gasteiger partial charge >= 0.3 is 17.9 Å². The third-order valence-electron chi connectivity index (χ3n) is 10.2. The molecule has 0 heterocycles. The topological polar surface area (TPSA) is 78.9 Å². The zero-order valence-electron chi connectivity index (χ0n) is 38.5. The summed E-state index contributed by atoms with van der Waals surface area (Å²) in [6.45, 7) is 6.44. The van der Waals surface area contributed by atoms with E-state index in [9.17, 15) is 14.4 Å². The average molecular weight is 823 g/mol. The highest BCUT2D eigenvalue weighted by Gasteiger charge is 2.19. The number of unbranched alkanes of at least 4 members (excludes halogenated alkanes) is 21. The van der Waals surface area contributed by atoms with Crippen molar-refractivity contribution < 1.29 is 28.6 Å². The van der Waals surface area contributed by atoms with E-state index in [2.05, 4.69) is 93.7 Å². The fourth-order valence-electron chi connectivity index (χ4n) is 6.54. The monoisotopic (exact) mass is 823 g/mol. The van der Waals surface area contributed by atoms with Gasteiger partial charge in [0, 0.05) is 19.3 Å². The summed E-state index contributed by atoms with van der Waals surface area (Å²) >= 11 is 0. The summed E-state index contributed by atoms with van der Waals surface area (Å²) in [6, 6.07) is 0. The summed E-state index contributed by atoms with van der Waals surface area (Å²) in [6.07, 6.45) is 58.9. The maximum Gasteiger partial charge on any atom is 0.306 e. The van der Waals surface area contributed by atoms with E-state index >= 15 is 0 Å². The second kappa shape index (κ2) is 47.5. The van der Waals surface area contributed by atoms with E-state index in [1.54, 1.807) is 0 Å². The zero-order valence-corrected chi connectivity index (χ0v) is 38.5. The van der Waals surface area contributed by atoms with Crippen LogP contribution in [0, 0.1) is 0 Å². The van der Waals surface area contributed by atoms with Gasteiger partial charge in [-0.2, -0.15) is 0 Å². The number of carbonyl (C=O) groups is 3. The molecule has 0 spiro atoms. The third-order valence-corrected chi connectivity index (χ3v) is 10.2. The van der Waals surface area contributed by atoms with Gasteiger partial charge in [-0.3, -0.25) is 14.4 Å². The van der Waals surface area contributed by atoms with Crippen LogP contribution >= 0.6 is 0 Å². The summed E-state index contributed by atoms with van der Waals surface area (Å²) in [5.41, 5.74) is 0. The molecular formula is C53H90O6. The van der Waals surface area contributed by atoms with Crippen LogP contribution in [-0.2, 0) is 28.6 Å². The van der Waals surface area contributed by atoms with Gasteiger partial charge in [0.1, 0.15) is 13.2 Å². The normalized spacial score (nSPS) is 12.7. The van der Waals surface area contributed by atoms with Gasteiger partial charge in [0.15, 0.2) is 6.10 Å². The van der Waals surface area contributed by atoms with Crippen LogP contribution in [-0.4, -0.2) is 37.2 Å². The first-order valence-electron chi connectivity index (χ1n) is 24.5. The van der Waals surface area contributed by atoms with Crippen LogP contribution < -0.4 is 0 Å². The number of hydrogen-bond acceptors (Lipinski definition) is 6. The Morgan fingerprint density at radius 2 is 0.712 bits per heavy atom. The van der Waals surface area contributed by atoms with Crippen LogP contribution in [0.5, 0.6) is 0 Å². The van der Waals surface area contributed by atoms with Crippen LogP contribution in [0.3, 0.4) is 0 Å². The van der Waals surface area contributed by atoms with Gasteiger partial charge in [0.05, 0.1) is 0 Å². The Morgan fingerprint density at radius 1 is 0.373 bits per heavy atom. The first-order valence-corrected chi connectivity index (χ1v) is 24.5. The molecule has 1 unspecified atom stereocenters. The Kier molecular flexibility index (Phi) is 45.0. The lowest BCUT2D eigenvalue weighted by Gasteiger charge is -2.18. The molecule has 0 aromatic heterocycles. The molecule has 0 aromatic rings. The number of rotatable bonds is 43. The van der Waals surface area contributed by atoms with Gasteiger partial charge in [-0.05, 0) is 83.5 Å². The molecule has 0 rings (SSSR count). The van der Waals surface area contributed by atoms with Crippen molar-refractivity contribution >= 4 is 17.9 Å². The van der Waals surface area contributed by atoms with Crippen molar-refractivity contribution in [2.24, 2.45) is 0 Å². The lowest BCUT2D eigenvalue weighted by Crippen LogP contribution is -2.30.